The highest BCUT2D eigenvalue weighted by molar-refractivity contribution is 4.80. The Balaban J connectivity index is 2.91. The maximum absolute atomic E-state index is 2.35. The second-order valence-electron chi connectivity index (χ2n) is 3.82. The number of allylic oxidation sites excluding steroid dienone is 2. The highest BCUT2D eigenvalue weighted by Gasteiger charge is 1.87. The molecule has 0 rings (SSSR count). The summed E-state index contributed by atoms with van der Waals surface area (Å²) in [5.74, 6) is 0. The van der Waals surface area contributed by atoms with Crippen molar-refractivity contribution in [1.29, 1.82) is 0 Å². The minimum Gasteiger partial charge on any atom is -0.0885 e. The first-order valence-corrected chi connectivity index (χ1v) is 6.06. The molecule has 0 saturated carbocycles. The van der Waals surface area contributed by atoms with E-state index in [9.17, 15) is 0 Å². The average Bonchev–Trinajstić information content (AvgIpc) is 2.16. The van der Waals surface area contributed by atoms with E-state index in [-0.39, 0.29) is 0 Å². The van der Waals surface area contributed by atoms with Gasteiger partial charge < -0.3 is 0 Å². The molecule has 0 fully saturated rings. The van der Waals surface area contributed by atoms with Crippen LogP contribution in [0, 0.1) is 0 Å². The molecule has 0 saturated heterocycles. The van der Waals surface area contributed by atoms with Crippen LogP contribution in [0.25, 0.3) is 0 Å². The summed E-state index contributed by atoms with van der Waals surface area (Å²) in [7, 11) is 0. The van der Waals surface area contributed by atoms with Gasteiger partial charge in [-0.25, -0.2) is 0 Å². The van der Waals surface area contributed by atoms with Crippen LogP contribution in [0.2, 0.25) is 0 Å². The predicted molar refractivity (Wildman–Crippen MR) is 62.0 cm³/mol. The van der Waals surface area contributed by atoms with Crippen molar-refractivity contribution in [2.75, 3.05) is 0 Å². The third-order valence-electron chi connectivity index (χ3n) is 2.35. The topological polar surface area (TPSA) is 0 Å². The summed E-state index contributed by atoms with van der Waals surface area (Å²) in [6.07, 6.45) is 17.0. The molecule has 0 bridgehead atoms. The highest BCUT2D eigenvalue weighted by Crippen LogP contribution is 2.07. The Bertz CT molecular complexity index is 103. The van der Waals surface area contributed by atoms with Crippen LogP contribution in [0.15, 0.2) is 12.2 Å². The number of hydrogen-bond donors (Lipinski definition) is 0. The van der Waals surface area contributed by atoms with Crippen molar-refractivity contribution in [1.82, 2.24) is 0 Å². The molecule has 0 aliphatic carbocycles. The van der Waals surface area contributed by atoms with Gasteiger partial charge in [-0.05, 0) is 19.3 Å². The van der Waals surface area contributed by atoms with Crippen molar-refractivity contribution < 1.29 is 0 Å². The molecule has 0 amide bonds. The van der Waals surface area contributed by atoms with Gasteiger partial charge in [-0.1, -0.05) is 64.5 Å². The van der Waals surface area contributed by atoms with Crippen molar-refractivity contribution in [3.05, 3.63) is 12.2 Å². The summed E-state index contributed by atoms with van der Waals surface area (Å²) in [6, 6.07) is 0. The van der Waals surface area contributed by atoms with Crippen LogP contribution in [0.3, 0.4) is 0 Å². The maximum atomic E-state index is 2.35. The summed E-state index contributed by atoms with van der Waals surface area (Å²) < 4.78 is 0. The lowest BCUT2D eigenvalue weighted by Gasteiger charge is -1.97. The van der Waals surface area contributed by atoms with Crippen molar-refractivity contribution in [3.63, 3.8) is 0 Å². The van der Waals surface area contributed by atoms with E-state index in [1.165, 1.54) is 57.8 Å². The molecule has 0 heteroatoms. The van der Waals surface area contributed by atoms with Gasteiger partial charge in [-0.2, -0.15) is 0 Å². The molecule has 0 radical (unpaired) electrons. The Morgan fingerprint density at radius 1 is 0.615 bits per heavy atom. The van der Waals surface area contributed by atoms with E-state index in [4.69, 9.17) is 0 Å². The van der Waals surface area contributed by atoms with E-state index in [1.807, 2.05) is 0 Å². The van der Waals surface area contributed by atoms with E-state index >= 15 is 0 Å². The Kier molecular flexibility index (Phi) is 11.5. The van der Waals surface area contributed by atoms with Gasteiger partial charge in [0.2, 0.25) is 0 Å². The first-order valence-electron chi connectivity index (χ1n) is 6.06. The Morgan fingerprint density at radius 2 is 1.23 bits per heavy atom. The minimum atomic E-state index is 1.26. The zero-order valence-electron chi connectivity index (χ0n) is 9.52. The molecule has 0 aromatic rings. The lowest BCUT2D eigenvalue weighted by Crippen LogP contribution is -1.77. The van der Waals surface area contributed by atoms with E-state index in [0.717, 1.165) is 0 Å². The number of hydrogen-bond acceptors (Lipinski definition) is 0. The molecule has 0 N–H and O–H groups in total. The van der Waals surface area contributed by atoms with Gasteiger partial charge >= 0.3 is 0 Å². The second kappa shape index (κ2) is 11.7. The Morgan fingerprint density at radius 3 is 1.92 bits per heavy atom. The molecule has 0 heterocycles. The lowest BCUT2D eigenvalue weighted by molar-refractivity contribution is 0.611. The van der Waals surface area contributed by atoms with E-state index in [1.54, 1.807) is 0 Å². The van der Waals surface area contributed by atoms with Gasteiger partial charge in [0.1, 0.15) is 0 Å². The molecule has 0 aliphatic heterocycles. The fourth-order valence-corrected chi connectivity index (χ4v) is 1.44. The second-order valence-corrected chi connectivity index (χ2v) is 3.82. The number of rotatable bonds is 9. The molecule has 0 aliphatic rings. The SMILES string of the molecule is CCCC=CCCCCCCCC. The molecule has 0 atom stereocenters. The van der Waals surface area contributed by atoms with Gasteiger partial charge in [-0.15, -0.1) is 0 Å². The van der Waals surface area contributed by atoms with Crippen molar-refractivity contribution >= 4 is 0 Å². The molecular formula is C13H26. The minimum absolute atomic E-state index is 1.26. The van der Waals surface area contributed by atoms with E-state index in [0.29, 0.717) is 0 Å². The van der Waals surface area contributed by atoms with Crippen LogP contribution in [-0.4, -0.2) is 0 Å². The third kappa shape index (κ3) is 11.7. The van der Waals surface area contributed by atoms with Crippen molar-refractivity contribution in [2.45, 2.75) is 71.6 Å². The summed E-state index contributed by atoms with van der Waals surface area (Å²) in [4.78, 5) is 0. The normalized spacial score (nSPS) is 11.2. The summed E-state index contributed by atoms with van der Waals surface area (Å²) in [6.45, 7) is 4.50. The van der Waals surface area contributed by atoms with Crippen molar-refractivity contribution in [2.24, 2.45) is 0 Å². The summed E-state index contributed by atoms with van der Waals surface area (Å²) in [5, 5.41) is 0. The molecule has 0 spiro atoms. The van der Waals surface area contributed by atoms with Gasteiger partial charge in [0.25, 0.3) is 0 Å². The maximum Gasteiger partial charge on any atom is -0.0351 e. The molecule has 0 aromatic carbocycles. The quantitative estimate of drug-likeness (QED) is 0.344. The largest absolute Gasteiger partial charge is 0.0885 e. The fraction of sp³-hybridized carbons (Fsp3) is 0.846. The van der Waals surface area contributed by atoms with Gasteiger partial charge in [0.15, 0.2) is 0 Å². The fourth-order valence-electron chi connectivity index (χ4n) is 1.44. The van der Waals surface area contributed by atoms with Gasteiger partial charge in [0.05, 0.1) is 0 Å². The summed E-state index contributed by atoms with van der Waals surface area (Å²) >= 11 is 0. The molecule has 13 heavy (non-hydrogen) atoms. The highest BCUT2D eigenvalue weighted by atomic mass is 13.9. The monoisotopic (exact) mass is 182 g/mol. The van der Waals surface area contributed by atoms with Crippen LogP contribution in [-0.2, 0) is 0 Å². The Labute approximate surface area is 84.4 Å². The molecule has 78 valence electrons. The zero-order chi connectivity index (χ0) is 9.78. The molecule has 0 unspecified atom stereocenters. The zero-order valence-corrected chi connectivity index (χ0v) is 9.52. The predicted octanol–water partition coefficient (Wildman–Crippen LogP) is 5.09. The molecule has 0 nitrogen and oxygen atoms in total. The average molecular weight is 182 g/mol. The Hall–Kier alpha value is -0.260. The standard InChI is InChI=1S/C13H26/c1-3-5-7-9-11-13-12-10-8-6-4-2/h7,9H,3-6,8,10-13H2,1-2H3. The van der Waals surface area contributed by atoms with E-state index < -0.39 is 0 Å². The van der Waals surface area contributed by atoms with Gasteiger partial charge in [0, 0.05) is 0 Å². The van der Waals surface area contributed by atoms with Gasteiger partial charge in [-0.3, -0.25) is 0 Å². The summed E-state index contributed by atoms with van der Waals surface area (Å²) in [5.41, 5.74) is 0. The van der Waals surface area contributed by atoms with Crippen LogP contribution in [0.5, 0.6) is 0 Å². The van der Waals surface area contributed by atoms with Crippen LogP contribution in [0.1, 0.15) is 71.6 Å². The smallest absolute Gasteiger partial charge is 0.0351 e. The lowest BCUT2D eigenvalue weighted by atomic mass is 10.1. The first kappa shape index (κ1) is 12.7. The molecular weight excluding hydrogens is 156 g/mol. The van der Waals surface area contributed by atoms with Crippen LogP contribution >= 0.6 is 0 Å². The molecule has 0 aromatic heterocycles. The first-order chi connectivity index (χ1) is 6.41. The van der Waals surface area contributed by atoms with Crippen molar-refractivity contribution in [3.8, 4) is 0 Å². The van der Waals surface area contributed by atoms with E-state index in [2.05, 4.69) is 26.0 Å². The van der Waals surface area contributed by atoms with Crippen LogP contribution < -0.4 is 0 Å². The third-order valence-corrected chi connectivity index (χ3v) is 2.35. The number of unbranched alkanes of at least 4 members (excludes halogenated alkanes) is 7. The van der Waals surface area contributed by atoms with Crippen LogP contribution in [0.4, 0.5) is 0 Å².